The van der Waals surface area contributed by atoms with Gasteiger partial charge in [0, 0.05) is 5.92 Å². The summed E-state index contributed by atoms with van der Waals surface area (Å²) in [6, 6.07) is 6.11. The van der Waals surface area contributed by atoms with Crippen LogP contribution in [0.5, 0.6) is 5.75 Å². The summed E-state index contributed by atoms with van der Waals surface area (Å²) in [7, 11) is 1.63. The second kappa shape index (κ2) is 6.87. The number of ether oxygens (including phenoxy) is 1. The van der Waals surface area contributed by atoms with Crippen LogP contribution >= 0.6 is 0 Å². The Morgan fingerprint density at radius 2 is 1.93 bits per heavy atom. The number of nitrogens with zero attached hydrogens (tertiary/aromatic N) is 3. The number of aromatic nitrogens is 4. The van der Waals surface area contributed by atoms with Crippen molar-refractivity contribution in [2.45, 2.75) is 52.4 Å². The molecule has 0 atom stereocenters. The largest absolute Gasteiger partial charge is 0.494 e. The van der Waals surface area contributed by atoms with Gasteiger partial charge in [-0.15, -0.1) is 5.10 Å². The average Bonchev–Trinajstić information content (AvgIpc) is 3.27. The van der Waals surface area contributed by atoms with Crippen LogP contribution in [0.2, 0.25) is 0 Å². The molecule has 2 aromatic heterocycles. The maximum atomic E-state index is 5.88. The molecule has 144 valence electrons. The van der Waals surface area contributed by atoms with Crippen LogP contribution in [0.1, 0.15) is 58.3 Å². The van der Waals surface area contributed by atoms with Gasteiger partial charge < -0.3 is 14.1 Å². The lowest BCUT2D eigenvalue weighted by Crippen LogP contribution is -2.25. The zero-order chi connectivity index (χ0) is 19.0. The number of aromatic amines is 1. The number of imidazole rings is 1. The predicted octanol–water partition coefficient (Wildman–Crippen LogP) is 5.02. The molecular formula is C20H27N5O2. The van der Waals surface area contributed by atoms with Gasteiger partial charge in [0.15, 0.2) is 0 Å². The van der Waals surface area contributed by atoms with Crippen molar-refractivity contribution in [3.05, 3.63) is 24.1 Å². The highest BCUT2D eigenvalue weighted by Gasteiger charge is 2.32. The summed E-state index contributed by atoms with van der Waals surface area (Å²) in [6.07, 6.45) is 4.63. The van der Waals surface area contributed by atoms with Crippen LogP contribution in [0.25, 0.3) is 11.0 Å². The fraction of sp³-hybridized carbons (Fsp3) is 0.550. The van der Waals surface area contributed by atoms with E-state index < -0.39 is 0 Å². The number of methoxy groups -OCH3 is 1. The van der Waals surface area contributed by atoms with Crippen molar-refractivity contribution in [2.75, 3.05) is 12.4 Å². The van der Waals surface area contributed by atoms with E-state index in [2.05, 4.69) is 46.3 Å². The summed E-state index contributed by atoms with van der Waals surface area (Å²) in [4.78, 5) is 7.72. The van der Waals surface area contributed by atoms with Gasteiger partial charge in [-0.25, -0.2) is 4.98 Å². The Morgan fingerprint density at radius 1 is 1.15 bits per heavy atom. The van der Waals surface area contributed by atoms with Crippen LogP contribution in [-0.2, 0) is 0 Å². The third-order valence-electron chi connectivity index (χ3n) is 5.66. The number of anilines is 2. The Kier molecular flexibility index (Phi) is 4.53. The molecule has 1 aliphatic carbocycles. The van der Waals surface area contributed by atoms with Crippen LogP contribution < -0.4 is 10.1 Å². The van der Waals surface area contributed by atoms with Gasteiger partial charge in [0.2, 0.25) is 11.8 Å². The third-order valence-corrected chi connectivity index (χ3v) is 5.66. The second-order valence-corrected chi connectivity index (χ2v) is 8.43. The molecule has 27 heavy (non-hydrogen) atoms. The van der Waals surface area contributed by atoms with Crippen molar-refractivity contribution in [1.29, 1.82) is 0 Å². The van der Waals surface area contributed by atoms with E-state index in [0.29, 0.717) is 23.3 Å². The molecule has 1 aliphatic rings. The van der Waals surface area contributed by atoms with E-state index in [9.17, 15) is 0 Å². The lowest BCUT2D eigenvalue weighted by atomic mass is 9.70. The molecule has 0 bridgehead atoms. The fourth-order valence-electron chi connectivity index (χ4n) is 3.99. The molecule has 1 aromatic carbocycles. The molecule has 2 heterocycles. The van der Waals surface area contributed by atoms with Gasteiger partial charge in [0.25, 0.3) is 0 Å². The quantitative estimate of drug-likeness (QED) is 0.671. The third kappa shape index (κ3) is 3.63. The lowest BCUT2D eigenvalue weighted by Gasteiger charge is -2.35. The number of hydrogen-bond acceptors (Lipinski definition) is 6. The maximum Gasteiger partial charge on any atom is 0.322 e. The Balaban J connectivity index is 1.45. The van der Waals surface area contributed by atoms with E-state index in [-0.39, 0.29) is 0 Å². The van der Waals surface area contributed by atoms with Crippen molar-refractivity contribution in [1.82, 2.24) is 20.2 Å². The highest BCUT2D eigenvalue weighted by Crippen LogP contribution is 2.43. The van der Waals surface area contributed by atoms with Crippen LogP contribution in [0, 0.1) is 11.3 Å². The van der Waals surface area contributed by atoms with Crippen LogP contribution in [0.3, 0.4) is 0 Å². The average molecular weight is 369 g/mol. The van der Waals surface area contributed by atoms with Crippen molar-refractivity contribution in [2.24, 2.45) is 11.3 Å². The monoisotopic (exact) mass is 369 g/mol. The van der Waals surface area contributed by atoms with E-state index in [1.807, 2.05) is 18.2 Å². The number of para-hydroxylation sites is 1. The minimum absolute atomic E-state index is 0.349. The topological polar surface area (TPSA) is 88.9 Å². The summed E-state index contributed by atoms with van der Waals surface area (Å²) in [5.41, 5.74) is 2.02. The van der Waals surface area contributed by atoms with Gasteiger partial charge in [-0.05, 0) is 49.1 Å². The van der Waals surface area contributed by atoms with Crippen LogP contribution in [-0.4, -0.2) is 27.3 Å². The second-order valence-electron chi connectivity index (χ2n) is 8.43. The number of nitrogens with one attached hydrogen (secondary N) is 2. The SMILES string of the molecule is COc1cccc2[nH]c(Nc3nnc(C4CCC(C(C)(C)C)CC4)o3)nc12. The van der Waals surface area contributed by atoms with E-state index in [0.717, 1.165) is 41.4 Å². The maximum absolute atomic E-state index is 5.88. The standard InChI is InChI=1S/C20H27N5O2/c1-20(2,3)13-10-8-12(9-11-13)17-24-25-19(27-17)23-18-21-14-6-5-7-15(26-4)16(14)22-18/h5-7,12-13H,8-11H2,1-4H3,(H2,21,22,23,25). The summed E-state index contributed by atoms with van der Waals surface area (Å²) in [6.45, 7) is 6.99. The van der Waals surface area contributed by atoms with E-state index in [1.165, 1.54) is 12.8 Å². The van der Waals surface area contributed by atoms with Crippen molar-refractivity contribution in [3.8, 4) is 5.75 Å². The molecule has 0 radical (unpaired) electrons. The Bertz CT molecular complexity index is 916. The number of hydrogen-bond donors (Lipinski definition) is 2. The molecule has 0 spiro atoms. The zero-order valence-corrected chi connectivity index (χ0v) is 16.4. The molecule has 0 aliphatic heterocycles. The highest BCUT2D eigenvalue weighted by atomic mass is 16.5. The molecule has 0 saturated heterocycles. The van der Waals surface area contributed by atoms with Gasteiger partial charge in [-0.1, -0.05) is 31.9 Å². The molecular weight excluding hydrogens is 342 g/mol. The molecule has 0 amide bonds. The molecule has 1 saturated carbocycles. The minimum Gasteiger partial charge on any atom is -0.494 e. The first-order valence-corrected chi connectivity index (χ1v) is 9.57. The molecule has 4 rings (SSSR count). The summed E-state index contributed by atoms with van der Waals surface area (Å²) < 4.78 is 11.2. The highest BCUT2D eigenvalue weighted by molar-refractivity contribution is 5.83. The number of benzene rings is 1. The van der Waals surface area contributed by atoms with E-state index in [1.54, 1.807) is 7.11 Å². The molecule has 7 nitrogen and oxygen atoms in total. The smallest absolute Gasteiger partial charge is 0.322 e. The number of H-pyrrole nitrogens is 1. The van der Waals surface area contributed by atoms with Crippen LogP contribution in [0.4, 0.5) is 12.0 Å². The van der Waals surface area contributed by atoms with Gasteiger partial charge >= 0.3 is 6.01 Å². The van der Waals surface area contributed by atoms with Gasteiger partial charge in [-0.3, -0.25) is 5.32 Å². The summed E-state index contributed by atoms with van der Waals surface area (Å²) in [5.74, 6) is 3.11. The predicted molar refractivity (Wildman–Crippen MR) is 104 cm³/mol. The minimum atomic E-state index is 0.349. The molecule has 7 heteroatoms. The van der Waals surface area contributed by atoms with E-state index in [4.69, 9.17) is 9.15 Å². The zero-order valence-electron chi connectivity index (χ0n) is 16.4. The van der Waals surface area contributed by atoms with Gasteiger partial charge in [-0.2, -0.15) is 0 Å². The molecule has 0 unspecified atom stereocenters. The summed E-state index contributed by atoms with van der Waals surface area (Å²) in [5, 5.41) is 11.5. The van der Waals surface area contributed by atoms with Gasteiger partial charge in [0.05, 0.1) is 12.6 Å². The first kappa shape index (κ1) is 17.8. The van der Waals surface area contributed by atoms with Crippen LogP contribution in [0.15, 0.2) is 22.6 Å². The first-order chi connectivity index (χ1) is 12.9. The molecule has 2 N–H and O–H groups in total. The Hall–Kier alpha value is -2.57. The van der Waals surface area contributed by atoms with Crippen molar-refractivity contribution >= 4 is 23.0 Å². The van der Waals surface area contributed by atoms with Gasteiger partial charge in [0.1, 0.15) is 11.3 Å². The number of rotatable bonds is 4. The Morgan fingerprint density at radius 3 is 2.63 bits per heavy atom. The first-order valence-electron chi connectivity index (χ1n) is 9.57. The fourth-order valence-corrected chi connectivity index (χ4v) is 3.99. The molecule has 3 aromatic rings. The normalized spacial score (nSPS) is 20.7. The Labute approximate surface area is 158 Å². The van der Waals surface area contributed by atoms with Crippen molar-refractivity contribution < 1.29 is 9.15 Å². The van der Waals surface area contributed by atoms with Crippen molar-refractivity contribution in [3.63, 3.8) is 0 Å². The lowest BCUT2D eigenvalue weighted by molar-refractivity contribution is 0.162. The summed E-state index contributed by atoms with van der Waals surface area (Å²) >= 11 is 0. The van der Waals surface area contributed by atoms with E-state index >= 15 is 0 Å². The molecule has 1 fully saturated rings. The number of fused-ring (bicyclic) bond motifs is 1.